The van der Waals surface area contributed by atoms with Gasteiger partial charge in [-0.3, -0.25) is 0 Å². The van der Waals surface area contributed by atoms with E-state index in [0.717, 1.165) is 18.4 Å². The number of tetrazole rings is 1. The van der Waals surface area contributed by atoms with Crippen molar-refractivity contribution in [2.24, 2.45) is 0 Å². The van der Waals surface area contributed by atoms with E-state index in [-0.39, 0.29) is 12.1 Å². The van der Waals surface area contributed by atoms with Gasteiger partial charge in [-0.15, -0.1) is 10.2 Å². The number of hydrogen-bond donors (Lipinski definition) is 0. The van der Waals surface area contributed by atoms with Gasteiger partial charge in [0.1, 0.15) is 0 Å². The number of carbonyl (C=O) groups is 1. The molecule has 0 aliphatic carbocycles. The molecule has 3 rings (SSSR count). The van der Waals surface area contributed by atoms with Gasteiger partial charge in [0, 0.05) is 5.56 Å². The average molecular weight is 350 g/mol. The van der Waals surface area contributed by atoms with Gasteiger partial charge < -0.3 is 4.74 Å². The third kappa shape index (κ3) is 4.75. The summed E-state index contributed by atoms with van der Waals surface area (Å²) in [7, 11) is 0. The third-order valence-corrected chi connectivity index (χ3v) is 3.82. The Morgan fingerprint density at radius 1 is 1.12 bits per heavy atom. The Kier molecular flexibility index (Phi) is 5.73. The molecule has 26 heavy (non-hydrogen) atoms. The molecule has 0 spiro atoms. The van der Waals surface area contributed by atoms with Crippen LogP contribution >= 0.6 is 0 Å². The van der Waals surface area contributed by atoms with Crippen LogP contribution in [-0.4, -0.2) is 32.3 Å². The minimum Gasteiger partial charge on any atom is -0.459 e. The van der Waals surface area contributed by atoms with Gasteiger partial charge in [0.25, 0.3) is 0 Å². The molecule has 0 aliphatic rings. The van der Waals surface area contributed by atoms with Gasteiger partial charge >= 0.3 is 5.97 Å². The van der Waals surface area contributed by atoms with Crippen LogP contribution in [0.15, 0.2) is 54.6 Å². The zero-order valence-corrected chi connectivity index (χ0v) is 15.0. The van der Waals surface area contributed by atoms with Gasteiger partial charge in [0.2, 0.25) is 5.82 Å². The first-order chi connectivity index (χ1) is 12.6. The highest BCUT2D eigenvalue weighted by atomic mass is 16.5. The normalized spacial score (nSPS) is 10.9. The van der Waals surface area contributed by atoms with Crippen molar-refractivity contribution < 1.29 is 9.53 Å². The smallest absolute Gasteiger partial charge is 0.338 e. The fourth-order valence-electron chi connectivity index (χ4n) is 2.59. The highest BCUT2D eigenvalue weighted by Gasteiger charge is 2.12. The number of hydrogen-bond acceptors (Lipinski definition) is 5. The Balaban J connectivity index is 1.63. The molecule has 134 valence electrons. The van der Waals surface area contributed by atoms with Crippen LogP contribution in [0.2, 0.25) is 0 Å². The zero-order chi connectivity index (χ0) is 18.4. The highest BCUT2D eigenvalue weighted by molar-refractivity contribution is 5.90. The Morgan fingerprint density at radius 3 is 2.69 bits per heavy atom. The zero-order valence-electron chi connectivity index (χ0n) is 15.0. The summed E-state index contributed by atoms with van der Waals surface area (Å²) < 4.78 is 5.23. The lowest BCUT2D eigenvalue weighted by molar-refractivity contribution is 0.0378. The molecule has 3 aromatic rings. The maximum Gasteiger partial charge on any atom is 0.338 e. The Labute approximate surface area is 152 Å². The molecule has 2 aromatic carbocycles. The molecular weight excluding hydrogens is 328 g/mol. The van der Waals surface area contributed by atoms with Crippen molar-refractivity contribution in [3.8, 4) is 11.4 Å². The summed E-state index contributed by atoms with van der Waals surface area (Å²) in [5, 5.41) is 12.6. The van der Waals surface area contributed by atoms with Crippen LogP contribution in [-0.2, 0) is 17.7 Å². The molecule has 0 aliphatic heterocycles. The summed E-state index contributed by atoms with van der Waals surface area (Å²) >= 11 is 0. The van der Waals surface area contributed by atoms with Gasteiger partial charge in [-0.05, 0) is 49.6 Å². The van der Waals surface area contributed by atoms with Crippen molar-refractivity contribution >= 4 is 5.97 Å². The van der Waals surface area contributed by atoms with Crippen molar-refractivity contribution in [1.29, 1.82) is 0 Å². The second-order valence-electron chi connectivity index (χ2n) is 6.33. The molecule has 1 heterocycles. The first kappa shape index (κ1) is 17.8. The Hall–Kier alpha value is -3.02. The van der Waals surface area contributed by atoms with Crippen LogP contribution in [0.3, 0.4) is 0 Å². The van der Waals surface area contributed by atoms with Crippen LogP contribution in [0.4, 0.5) is 0 Å². The van der Waals surface area contributed by atoms with Crippen LogP contribution in [0.1, 0.15) is 36.2 Å². The maximum atomic E-state index is 12.0. The molecular formula is C20H22N4O2. The van der Waals surface area contributed by atoms with Crippen LogP contribution in [0, 0.1) is 0 Å². The number of aromatic nitrogens is 4. The van der Waals surface area contributed by atoms with Gasteiger partial charge in [-0.2, -0.15) is 4.80 Å². The van der Waals surface area contributed by atoms with Gasteiger partial charge in [-0.25, -0.2) is 4.79 Å². The number of nitrogens with zero attached hydrogens (tertiary/aromatic N) is 4. The summed E-state index contributed by atoms with van der Waals surface area (Å²) in [5.74, 6) is 0.154. The molecule has 1 aromatic heterocycles. The number of benzene rings is 2. The van der Waals surface area contributed by atoms with E-state index in [2.05, 4.69) is 27.5 Å². The average Bonchev–Trinajstić information content (AvgIpc) is 3.11. The number of carbonyl (C=O) groups excluding carboxylic acids is 1. The second-order valence-corrected chi connectivity index (χ2v) is 6.33. The summed E-state index contributed by atoms with van der Waals surface area (Å²) in [6.07, 6.45) is 1.74. The summed E-state index contributed by atoms with van der Waals surface area (Å²) in [4.78, 5) is 13.6. The molecule has 0 radical (unpaired) electrons. The largest absolute Gasteiger partial charge is 0.459 e. The molecule has 0 amide bonds. The van der Waals surface area contributed by atoms with Gasteiger partial charge in [0.15, 0.2) is 0 Å². The predicted molar refractivity (Wildman–Crippen MR) is 98.6 cm³/mol. The predicted octanol–water partition coefficient (Wildman–Crippen LogP) is 3.54. The molecule has 0 saturated carbocycles. The number of rotatable bonds is 7. The summed E-state index contributed by atoms with van der Waals surface area (Å²) in [6, 6.07) is 17.4. The number of ether oxygens (including phenoxy) is 1. The molecule has 0 unspecified atom stereocenters. The molecule has 6 nitrogen and oxygen atoms in total. The Morgan fingerprint density at radius 2 is 1.92 bits per heavy atom. The van der Waals surface area contributed by atoms with Crippen LogP contribution in [0.5, 0.6) is 0 Å². The fraction of sp³-hybridized carbons (Fsp3) is 0.300. The molecule has 0 fully saturated rings. The van der Waals surface area contributed by atoms with E-state index in [1.807, 2.05) is 38.1 Å². The third-order valence-electron chi connectivity index (χ3n) is 3.82. The van der Waals surface area contributed by atoms with E-state index >= 15 is 0 Å². The maximum absolute atomic E-state index is 12.0. The second kappa shape index (κ2) is 8.38. The van der Waals surface area contributed by atoms with E-state index in [1.54, 1.807) is 23.0 Å². The Bertz CT molecular complexity index is 859. The molecule has 0 saturated heterocycles. The van der Waals surface area contributed by atoms with Crippen LogP contribution < -0.4 is 0 Å². The fourth-order valence-corrected chi connectivity index (χ4v) is 2.59. The number of esters is 1. The van der Waals surface area contributed by atoms with E-state index < -0.39 is 0 Å². The van der Waals surface area contributed by atoms with E-state index in [4.69, 9.17) is 4.74 Å². The number of aryl methyl sites for hydroxylation is 2. The monoisotopic (exact) mass is 350 g/mol. The first-order valence-corrected chi connectivity index (χ1v) is 8.75. The minimum atomic E-state index is -0.350. The first-order valence-electron chi connectivity index (χ1n) is 8.75. The quantitative estimate of drug-likeness (QED) is 0.610. The highest BCUT2D eigenvalue weighted by Crippen LogP contribution is 2.16. The SMILES string of the molecule is CC(C)OC(=O)c1cccc(-c2nnn(CCCc3ccccc3)n2)c1. The molecule has 6 heteroatoms. The van der Waals surface area contributed by atoms with E-state index in [0.29, 0.717) is 17.9 Å². The van der Waals surface area contributed by atoms with Crippen molar-refractivity contribution in [1.82, 2.24) is 20.2 Å². The molecule has 0 bridgehead atoms. The molecule has 0 atom stereocenters. The lowest BCUT2D eigenvalue weighted by Crippen LogP contribution is -2.11. The lowest BCUT2D eigenvalue weighted by Gasteiger charge is -2.08. The van der Waals surface area contributed by atoms with Crippen molar-refractivity contribution in [2.75, 3.05) is 0 Å². The minimum absolute atomic E-state index is 0.158. The van der Waals surface area contributed by atoms with Crippen molar-refractivity contribution in [3.05, 3.63) is 65.7 Å². The summed E-state index contributed by atoms with van der Waals surface area (Å²) in [5.41, 5.74) is 2.53. The van der Waals surface area contributed by atoms with Crippen molar-refractivity contribution in [3.63, 3.8) is 0 Å². The molecule has 0 N–H and O–H groups in total. The summed E-state index contributed by atoms with van der Waals surface area (Å²) in [6.45, 7) is 4.34. The topological polar surface area (TPSA) is 69.9 Å². The van der Waals surface area contributed by atoms with E-state index in [1.165, 1.54) is 5.56 Å². The lowest BCUT2D eigenvalue weighted by atomic mass is 10.1. The van der Waals surface area contributed by atoms with E-state index in [9.17, 15) is 4.79 Å². The van der Waals surface area contributed by atoms with Gasteiger partial charge in [0.05, 0.1) is 18.2 Å². The standard InChI is InChI=1S/C20H22N4O2/c1-15(2)26-20(25)18-12-6-11-17(14-18)19-21-23-24(22-19)13-7-10-16-8-4-3-5-9-16/h3-6,8-9,11-12,14-15H,7,10,13H2,1-2H3. The van der Waals surface area contributed by atoms with Crippen molar-refractivity contribution in [2.45, 2.75) is 39.3 Å². The van der Waals surface area contributed by atoms with Gasteiger partial charge in [-0.1, -0.05) is 42.5 Å². The van der Waals surface area contributed by atoms with Crippen LogP contribution in [0.25, 0.3) is 11.4 Å².